The van der Waals surface area contributed by atoms with E-state index in [0.29, 0.717) is 10.6 Å². The Labute approximate surface area is 171 Å². The van der Waals surface area contributed by atoms with Crippen molar-refractivity contribution in [1.82, 2.24) is 5.32 Å². The summed E-state index contributed by atoms with van der Waals surface area (Å²) in [5.41, 5.74) is -3.66. The molecular formula is C19H14ClF6NO3. The zero-order valence-corrected chi connectivity index (χ0v) is 16.0. The second-order valence-electron chi connectivity index (χ2n) is 6.17. The van der Waals surface area contributed by atoms with Crippen LogP contribution in [0.2, 0.25) is 5.02 Å². The summed E-state index contributed by atoms with van der Waals surface area (Å²) < 4.78 is 82.4. The number of esters is 1. The van der Waals surface area contributed by atoms with Crippen LogP contribution in [0.5, 0.6) is 0 Å². The van der Waals surface area contributed by atoms with Crippen LogP contribution in [0.1, 0.15) is 27.0 Å². The molecule has 0 unspecified atom stereocenters. The molecule has 0 radical (unpaired) electrons. The van der Waals surface area contributed by atoms with Gasteiger partial charge in [-0.1, -0.05) is 23.7 Å². The molecule has 2 aromatic rings. The van der Waals surface area contributed by atoms with Crippen LogP contribution >= 0.6 is 11.6 Å². The number of nitrogens with one attached hydrogen (secondary N) is 1. The highest BCUT2D eigenvalue weighted by Crippen LogP contribution is 2.36. The minimum atomic E-state index is -5.11. The largest absolute Gasteiger partial charge is 0.467 e. The van der Waals surface area contributed by atoms with Crippen molar-refractivity contribution >= 4 is 23.5 Å². The van der Waals surface area contributed by atoms with E-state index >= 15 is 0 Å². The number of amides is 1. The Bertz CT molecular complexity index is 893. The summed E-state index contributed by atoms with van der Waals surface area (Å²) in [6, 6.07) is 5.20. The van der Waals surface area contributed by atoms with Gasteiger partial charge in [0, 0.05) is 17.0 Å². The van der Waals surface area contributed by atoms with Gasteiger partial charge in [-0.15, -0.1) is 0 Å². The predicted octanol–water partition coefficient (Wildman–Crippen LogP) is 4.89. The standard InChI is InChI=1S/C19H14ClF6NO3/c1-30-17(29)15(6-10-2-4-14(20)5-3-10)27-16(28)11-7-12(18(21,22)23)9-13(8-11)19(24,25)26/h2-5,7-9,15H,6H2,1H3,(H,27,28)/t15-/m1/s1. The van der Waals surface area contributed by atoms with Gasteiger partial charge in [-0.05, 0) is 35.9 Å². The second-order valence-corrected chi connectivity index (χ2v) is 6.61. The number of carbonyl (C=O) groups excluding carboxylic acids is 2. The van der Waals surface area contributed by atoms with Gasteiger partial charge in [-0.3, -0.25) is 4.79 Å². The molecule has 1 amide bonds. The zero-order valence-electron chi connectivity index (χ0n) is 15.2. The molecule has 11 heteroatoms. The highest BCUT2D eigenvalue weighted by atomic mass is 35.5. The van der Waals surface area contributed by atoms with Gasteiger partial charge in [0.15, 0.2) is 0 Å². The van der Waals surface area contributed by atoms with Gasteiger partial charge >= 0.3 is 18.3 Å². The summed E-state index contributed by atoms with van der Waals surface area (Å²) in [4.78, 5) is 24.4. The second kappa shape index (κ2) is 8.95. The van der Waals surface area contributed by atoms with Crippen LogP contribution in [0.4, 0.5) is 26.3 Å². The number of hydrogen-bond acceptors (Lipinski definition) is 3. The van der Waals surface area contributed by atoms with Crippen LogP contribution in [0.25, 0.3) is 0 Å². The number of alkyl halides is 6. The van der Waals surface area contributed by atoms with Crippen molar-refractivity contribution in [2.75, 3.05) is 7.11 Å². The molecule has 1 N–H and O–H groups in total. The number of carbonyl (C=O) groups is 2. The molecule has 0 aliphatic heterocycles. The van der Waals surface area contributed by atoms with E-state index in [4.69, 9.17) is 11.6 Å². The first kappa shape index (κ1) is 23.5. The number of methoxy groups -OCH3 is 1. The Morgan fingerprint density at radius 3 is 1.90 bits per heavy atom. The summed E-state index contributed by atoms with van der Waals surface area (Å²) in [5, 5.41) is 2.53. The average Bonchev–Trinajstić information content (AvgIpc) is 2.66. The molecule has 0 spiro atoms. The Balaban J connectivity index is 2.36. The quantitative estimate of drug-likeness (QED) is 0.518. The van der Waals surface area contributed by atoms with Gasteiger partial charge in [0.2, 0.25) is 0 Å². The van der Waals surface area contributed by atoms with Gasteiger partial charge in [0.05, 0.1) is 18.2 Å². The van der Waals surface area contributed by atoms with Crippen molar-refractivity contribution < 1.29 is 40.7 Å². The molecule has 4 nitrogen and oxygen atoms in total. The van der Waals surface area contributed by atoms with E-state index in [2.05, 4.69) is 10.1 Å². The fraction of sp³-hybridized carbons (Fsp3) is 0.263. The van der Waals surface area contributed by atoms with Crippen molar-refractivity contribution in [3.8, 4) is 0 Å². The summed E-state index contributed by atoms with van der Waals surface area (Å²) in [6.45, 7) is 0. The summed E-state index contributed by atoms with van der Waals surface area (Å²) >= 11 is 5.76. The van der Waals surface area contributed by atoms with E-state index in [9.17, 15) is 35.9 Å². The SMILES string of the molecule is COC(=O)[C@@H](Cc1ccc(Cl)cc1)NC(=O)c1cc(C(F)(F)F)cc(C(F)(F)F)c1. The first-order chi connectivity index (χ1) is 13.8. The molecule has 162 valence electrons. The maximum Gasteiger partial charge on any atom is 0.416 e. The molecule has 0 saturated carbocycles. The summed E-state index contributed by atoms with van der Waals surface area (Å²) in [5.74, 6) is -2.22. The molecule has 0 aromatic heterocycles. The average molecular weight is 454 g/mol. The minimum absolute atomic E-state index is 0.0950. The van der Waals surface area contributed by atoms with Crippen LogP contribution in [0.3, 0.4) is 0 Å². The highest BCUT2D eigenvalue weighted by Gasteiger charge is 2.37. The number of ether oxygens (including phenoxy) is 1. The first-order valence-electron chi connectivity index (χ1n) is 8.24. The van der Waals surface area contributed by atoms with Crippen molar-refractivity contribution in [2.45, 2.75) is 24.8 Å². The first-order valence-corrected chi connectivity index (χ1v) is 8.61. The highest BCUT2D eigenvalue weighted by molar-refractivity contribution is 6.30. The van der Waals surface area contributed by atoms with Crippen molar-refractivity contribution in [3.63, 3.8) is 0 Å². The lowest BCUT2D eigenvalue weighted by atomic mass is 10.0. The van der Waals surface area contributed by atoms with Crippen molar-refractivity contribution in [1.29, 1.82) is 0 Å². The van der Waals surface area contributed by atoms with E-state index in [-0.39, 0.29) is 24.6 Å². The third kappa shape index (κ3) is 6.12. The zero-order chi connectivity index (χ0) is 22.7. The van der Waals surface area contributed by atoms with E-state index in [1.165, 1.54) is 24.3 Å². The van der Waals surface area contributed by atoms with E-state index < -0.39 is 47.0 Å². The third-order valence-electron chi connectivity index (χ3n) is 3.99. The van der Waals surface area contributed by atoms with Gasteiger partial charge in [0.1, 0.15) is 6.04 Å². The van der Waals surface area contributed by atoms with Gasteiger partial charge in [-0.25, -0.2) is 4.79 Å². The maximum atomic E-state index is 13.0. The van der Waals surface area contributed by atoms with Crippen LogP contribution in [0.15, 0.2) is 42.5 Å². The smallest absolute Gasteiger partial charge is 0.416 e. The fourth-order valence-corrected chi connectivity index (χ4v) is 2.65. The monoisotopic (exact) mass is 453 g/mol. The number of hydrogen-bond donors (Lipinski definition) is 1. The molecule has 0 heterocycles. The number of halogens is 7. The third-order valence-corrected chi connectivity index (χ3v) is 4.25. The Morgan fingerprint density at radius 1 is 0.967 bits per heavy atom. The number of rotatable bonds is 5. The van der Waals surface area contributed by atoms with Crippen molar-refractivity contribution in [3.05, 3.63) is 69.7 Å². The fourth-order valence-electron chi connectivity index (χ4n) is 2.52. The Kier molecular flexibility index (Phi) is 7.02. The van der Waals surface area contributed by atoms with Gasteiger partial charge in [0.25, 0.3) is 5.91 Å². The molecule has 0 bridgehead atoms. The Morgan fingerprint density at radius 2 is 1.47 bits per heavy atom. The van der Waals surface area contributed by atoms with E-state index in [0.717, 1.165) is 7.11 Å². The van der Waals surface area contributed by atoms with Crippen molar-refractivity contribution in [2.24, 2.45) is 0 Å². The summed E-state index contributed by atoms with van der Waals surface area (Å²) in [6.07, 6.45) is -10.3. The molecule has 30 heavy (non-hydrogen) atoms. The molecule has 0 aliphatic carbocycles. The molecule has 2 aromatic carbocycles. The number of benzene rings is 2. The lowest BCUT2D eigenvalue weighted by molar-refractivity contribution is -0.144. The van der Waals surface area contributed by atoms with Crippen LogP contribution in [-0.4, -0.2) is 25.0 Å². The van der Waals surface area contributed by atoms with Gasteiger partial charge < -0.3 is 10.1 Å². The molecule has 1 atom stereocenters. The van der Waals surface area contributed by atoms with Gasteiger partial charge in [-0.2, -0.15) is 26.3 Å². The Hall–Kier alpha value is -2.75. The topological polar surface area (TPSA) is 55.4 Å². The molecule has 2 rings (SSSR count). The lowest BCUT2D eigenvalue weighted by Gasteiger charge is -2.18. The minimum Gasteiger partial charge on any atom is -0.467 e. The predicted molar refractivity (Wildman–Crippen MR) is 94.9 cm³/mol. The molecule has 0 fully saturated rings. The lowest BCUT2D eigenvalue weighted by Crippen LogP contribution is -2.43. The van der Waals surface area contributed by atoms with E-state index in [1.807, 2.05) is 0 Å². The summed E-state index contributed by atoms with van der Waals surface area (Å²) in [7, 11) is 1.02. The molecule has 0 aliphatic rings. The molecule has 0 saturated heterocycles. The molecular weight excluding hydrogens is 440 g/mol. The van der Waals surface area contributed by atoms with Crippen LogP contribution in [-0.2, 0) is 28.3 Å². The maximum absolute atomic E-state index is 13.0. The van der Waals surface area contributed by atoms with Crippen LogP contribution in [0, 0.1) is 0 Å². The van der Waals surface area contributed by atoms with E-state index in [1.54, 1.807) is 0 Å². The normalized spacial score (nSPS) is 12.9. The van der Waals surface area contributed by atoms with Crippen LogP contribution < -0.4 is 5.32 Å².